The van der Waals surface area contributed by atoms with Crippen LogP contribution in [0.1, 0.15) is 19.4 Å². The van der Waals surface area contributed by atoms with Gasteiger partial charge in [-0.2, -0.15) is 0 Å². The van der Waals surface area contributed by atoms with Crippen molar-refractivity contribution in [3.63, 3.8) is 0 Å². The van der Waals surface area contributed by atoms with Gasteiger partial charge in [0, 0.05) is 17.6 Å². The second kappa shape index (κ2) is 12.7. The number of amides is 2. The minimum Gasteiger partial charge on any atom is -0.495 e. The van der Waals surface area contributed by atoms with Crippen molar-refractivity contribution in [2.24, 2.45) is 0 Å². The lowest BCUT2D eigenvalue weighted by molar-refractivity contribution is -0.139. The van der Waals surface area contributed by atoms with Crippen LogP contribution in [0.5, 0.6) is 5.75 Å². The number of anilines is 1. The third-order valence-corrected chi connectivity index (χ3v) is 8.05. The lowest BCUT2D eigenvalue weighted by Gasteiger charge is -2.32. The second-order valence-electron chi connectivity index (χ2n) is 8.22. The molecule has 0 heterocycles. The van der Waals surface area contributed by atoms with Crippen LogP contribution in [-0.2, 0) is 26.2 Å². The van der Waals surface area contributed by atoms with Gasteiger partial charge in [-0.15, -0.1) is 0 Å². The number of likely N-dealkylation sites (N-methyl/N-ethyl adjacent to an activating group) is 1. The smallest absolute Gasteiger partial charge is 0.264 e. The molecule has 2 amide bonds. The lowest BCUT2D eigenvalue weighted by atomic mass is 10.1. The van der Waals surface area contributed by atoms with Crippen molar-refractivity contribution in [1.82, 2.24) is 10.2 Å². The van der Waals surface area contributed by atoms with E-state index >= 15 is 0 Å². The Morgan fingerprint density at radius 1 is 0.973 bits per heavy atom. The molecule has 0 aliphatic heterocycles. The Balaban J connectivity index is 2.05. The van der Waals surface area contributed by atoms with Crippen molar-refractivity contribution >= 4 is 43.5 Å². The zero-order valence-electron chi connectivity index (χ0n) is 20.9. The molecule has 0 aliphatic carbocycles. The molecule has 3 aromatic carbocycles. The molecule has 37 heavy (non-hydrogen) atoms. The highest BCUT2D eigenvalue weighted by molar-refractivity contribution is 9.10. The molecule has 10 heteroatoms. The standard InChI is InChI=1S/C27H30BrN3O5S/c1-4-29-27(33)20(2)30(18-21-14-16-22(28)17-15-21)26(32)19-31(24-12-8-9-13-25(24)36-3)37(34,35)23-10-6-5-7-11-23/h5-17,20H,4,18-19H2,1-3H3,(H,29,33)/t20-/m1/s1. The van der Waals surface area contributed by atoms with E-state index in [0.29, 0.717) is 12.3 Å². The summed E-state index contributed by atoms with van der Waals surface area (Å²) in [6.07, 6.45) is 0. The van der Waals surface area contributed by atoms with Crippen LogP contribution in [-0.4, -0.2) is 51.4 Å². The van der Waals surface area contributed by atoms with Gasteiger partial charge < -0.3 is 15.0 Å². The van der Waals surface area contributed by atoms with E-state index in [1.807, 2.05) is 24.3 Å². The van der Waals surface area contributed by atoms with Crippen LogP contribution in [0.15, 0.2) is 88.2 Å². The predicted molar refractivity (Wildman–Crippen MR) is 147 cm³/mol. The summed E-state index contributed by atoms with van der Waals surface area (Å²) < 4.78 is 34.9. The number of halogens is 1. The minimum atomic E-state index is -4.15. The molecule has 3 rings (SSSR count). The number of methoxy groups -OCH3 is 1. The van der Waals surface area contributed by atoms with Gasteiger partial charge in [-0.3, -0.25) is 13.9 Å². The largest absolute Gasteiger partial charge is 0.495 e. The fourth-order valence-electron chi connectivity index (χ4n) is 3.76. The van der Waals surface area contributed by atoms with Gasteiger partial charge in [-0.25, -0.2) is 8.42 Å². The quantitative estimate of drug-likeness (QED) is 0.362. The van der Waals surface area contributed by atoms with E-state index in [1.54, 1.807) is 56.3 Å². The number of hydrogen-bond acceptors (Lipinski definition) is 5. The van der Waals surface area contributed by atoms with E-state index in [-0.39, 0.29) is 23.0 Å². The fourth-order valence-corrected chi connectivity index (χ4v) is 5.47. The van der Waals surface area contributed by atoms with Crippen molar-refractivity contribution in [1.29, 1.82) is 0 Å². The fraction of sp³-hybridized carbons (Fsp3) is 0.259. The third-order valence-electron chi connectivity index (χ3n) is 5.75. The highest BCUT2D eigenvalue weighted by atomic mass is 79.9. The normalized spacial score (nSPS) is 11.9. The highest BCUT2D eigenvalue weighted by Crippen LogP contribution is 2.32. The number of nitrogens with one attached hydrogen (secondary N) is 1. The summed E-state index contributed by atoms with van der Waals surface area (Å²) >= 11 is 3.40. The molecule has 0 saturated heterocycles. The van der Waals surface area contributed by atoms with Crippen molar-refractivity contribution < 1.29 is 22.7 Å². The van der Waals surface area contributed by atoms with E-state index in [9.17, 15) is 18.0 Å². The molecule has 1 N–H and O–H groups in total. The summed E-state index contributed by atoms with van der Waals surface area (Å²) in [5.74, 6) is -0.569. The van der Waals surface area contributed by atoms with Gasteiger partial charge in [0.25, 0.3) is 10.0 Å². The Labute approximate surface area is 226 Å². The molecular weight excluding hydrogens is 558 g/mol. The van der Waals surface area contributed by atoms with Crippen molar-refractivity contribution in [3.8, 4) is 5.75 Å². The van der Waals surface area contributed by atoms with Crippen LogP contribution in [0, 0.1) is 0 Å². The molecule has 3 aromatic rings. The lowest BCUT2D eigenvalue weighted by Crippen LogP contribution is -2.51. The Kier molecular flexibility index (Phi) is 9.71. The Hall–Kier alpha value is -3.37. The number of hydrogen-bond donors (Lipinski definition) is 1. The third kappa shape index (κ3) is 6.90. The summed E-state index contributed by atoms with van der Waals surface area (Å²) in [4.78, 5) is 28.0. The van der Waals surface area contributed by atoms with Crippen LogP contribution < -0.4 is 14.4 Å². The van der Waals surface area contributed by atoms with Crippen molar-refractivity contribution in [3.05, 3.63) is 88.9 Å². The van der Waals surface area contributed by atoms with Crippen LogP contribution in [0.4, 0.5) is 5.69 Å². The zero-order chi connectivity index (χ0) is 27.0. The summed E-state index contributed by atoms with van der Waals surface area (Å²) in [7, 11) is -2.72. The molecule has 0 spiro atoms. The van der Waals surface area contributed by atoms with Gasteiger partial charge >= 0.3 is 0 Å². The first-order valence-electron chi connectivity index (χ1n) is 11.7. The van der Waals surface area contributed by atoms with E-state index in [4.69, 9.17) is 4.74 Å². The maximum absolute atomic E-state index is 13.8. The summed E-state index contributed by atoms with van der Waals surface area (Å²) in [6.45, 7) is 3.41. The Morgan fingerprint density at radius 2 is 1.59 bits per heavy atom. The monoisotopic (exact) mass is 587 g/mol. The molecule has 0 aliphatic rings. The summed E-state index contributed by atoms with van der Waals surface area (Å²) in [5, 5.41) is 2.74. The van der Waals surface area contributed by atoms with Crippen molar-refractivity contribution in [2.75, 3.05) is 24.5 Å². The van der Waals surface area contributed by atoms with Gasteiger partial charge in [-0.1, -0.05) is 58.4 Å². The SMILES string of the molecule is CCNC(=O)[C@@H](C)N(Cc1ccc(Br)cc1)C(=O)CN(c1ccccc1OC)S(=O)(=O)c1ccccc1. The molecule has 8 nitrogen and oxygen atoms in total. The van der Waals surface area contributed by atoms with E-state index in [0.717, 1.165) is 14.3 Å². The van der Waals surface area contributed by atoms with E-state index in [1.165, 1.54) is 24.1 Å². The Morgan fingerprint density at radius 3 is 2.22 bits per heavy atom. The van der Waals surface area contributed by atoms with Gasteiger partial charge in [0.1, 0.15) is 18.3 Å². The first-order valence-corrected chi connectivity index (χ1v) is 13.9. The van der Waals surface area contributed by atoms with Gasteiger partial charge in [0.2, 0.25) is 11.8 Å². The minimum absolute atomic E-state index is 0.0324. The zero-order valence-corrected chi connectivity index (χ0v) is 23.3. The average molecular weight is 589 g/mol. The van der Waals surface area contributed by atoms with Crippen LogP contribution >= 0.6 is 15.9 Å². The van der Waals surface area contributed by atoms with Gasteiger partial charge in [0.15, 0.2) is 0 Å². The molecular formula is C27H30BrN3O5S. The molecule has 0 saturated carbocycles. The number of rotatable bonds is 11. The molecule has 1 atom stereocenters. The number of nitrogens with zero attached hydrogens (tertiary/aromatic N) is 2. The Bertz CT molecular complexity index is 1320. The first-order chi connectivity index (χ1) is 17.7. The van der Waals surface area contributed by atoms with Gasteiger partial charge in [0.05, 0.1) is 17.7 Å². The molecule has 0 fully saturated rings. The molecule has 0 bridgehead atoms. The van der Waals surface area contributed by atoms with Gasteiger partial charge in [-0.05, 0) is 55.8 Å². The summed E-state index contributed by atoms with van der Waals surface area (Å²) in [6, 6.07) is 21.0. The summed E-state index contributed by atoms with van der Waals surface area (Å²) in [5.41, 5.74) is 1.01. The number of carbonyl (C=O) groups is 2. The van der Waals surface area contributed by atoms with E-state index in [2.05, 4.69) is 21.2 Å². The number of benzene rings is 3. The second-order valence-corrected chi connectivity index (χ2v) is 11.0. The van der Waals surface area contributed by atoms with Crippen LogP contribution in [0.25, 0.3) is 0 Å². The molecule has 0 radical (unpaired) electrons. The number of sulfonamides is 1. The molecule has 196 valence electrons. The maximum Gasteiger partial charge on any atom is 0.264 e. The van der Waals surface area contributed by atoms with E-state index < -0.39 is 28.5 Å². The predicted octanol–water partition coefficient (Wildman–Crippen LogP) is 4.21. The number of para-hydroxylation sites is 2. The molecule has 0 aromatic heterocycles. The van der Waals surface area contributed by atoms with Crippen molar-refractivity contribution in [2.45, 2.75) is 31.3 Å². The topological polar surface area (TPSA) is 96.0 Å². The first kappa shape index (κ1) is 28.2. The van der Waals surface area contributed by atoms with Crippen LogP contribution in [0.3, 0.4) is 0 Å². The maximum atomic E-state index is 13.8. The molecule has 0 unspecified atom stereocenters. The van der Waals surface area contributed by atoms with Crippen LogP contribution in [0.2, 0.25) is 0 Å². The average Bonchev–Trinajstić information content (AvgIpc) is 2.91. The number of carbonyl (C=O) groups excluding carboxylic acids is 2. The number of ether oxygens (including phenoxy) is 1. The highest BCUT2D eigenvalue weighted by Gasteiger charge is 2.33.